The van der Waals surface area contributed by atoms with Gasteiger partial charge in [0.15, 0.2) is 0 Å². The van der Waals surface area contributed by atoms with Crippen molar-refractivity contribution < 1.29 is 8.85 Å². The first-order valence-corrected chi connectivity index (χ1v) is 9.66. The summed E-state index contributed by atoms with van der Waals surface area (Å²) >= 11 is 0. The summed E-state index contributed by atoms with van der Waals surface area (Å²) in [4.78, 5) is 0. The van der Waals surface area contributed by atoms with Gasteiger partial charge in [0, 0.05) is 12.2 Å². The highest BCUT2D eigenvalue weighted by Gasteiger charge is 2.10. The van der Waals surface area contributed by atoms with E-state index in [0.29, 0.717) is 12.2 Å². The minimum atomic E-state index is -0.774. The Kier molecular flexibility index (Phi) is 14.6. The third-order valence-electron chi connectivity index (χ3n) is 3.78. The fourth-order valence-electron chi connectivity index (χ4n) is 2.29. The Bertz CT molecular complexity index is 158. The van der Waals surface area contributed by atoms with Crippen molar-refractivity contribution in [3.8, 4) is 0 Å². The van der Waals surface area contributed by atoms with Gasteiger partial charge in [0.2, 0.25) is 0 Å². The van der Waals surface area contributed by atoms with Crippen molar-refractivity contribution in [2.24, 2.45) is 0 Å². The summed E-state index contributed by atoms with van der Waals surface area (Å²) in [5.41, 5.74) is 0. The van der Waals surface area contributed by atoms with Gasteiger partial charge in [-0.2, -0.15) is 0 Å². The zero-order valence-corrected chi connectivity index (χ0v) is 15.2. The van der Waals surface area contributed by atoms with Crippen LogP contribution in [0.5, 0.6) is 0 Å². The van der Waals surface area contributed by atoms with E-state index in [1.807, 2.05) is 0 Å². The van der Waals surface area contributed by atoms with Gasteiger partial charge in [-0.3, -0.25) is 0 Å². The SMILES string of the molecule is CCCCCC(CC)O[SiH2]OC(CC)CCCCC. The van der Waals surface area contributed by atoms with Crippen LogP contribution >= 0.6 is 0 Å². The maximum Gasteiger partial charge on any atom is 0.304 e. The normalized spacial score (nSPS) is 15.2. The zero-order chi connectivity index (χ0) is 14.3. The first kappa shape index (κ1) is 19.1. The molecule has 2 atom stereocenters. The Morgan fingerprint density at radius 1 is 0.684 bits per heavy atom. The maximum atomic E-state index is 5.99. The Balaban J connectivity index is 3.64. The molecule has 19 heavy (non-hydrogen) atoms. The van der Waals surface area contributed by atoms with E-state index in [9.17, 15) is 0 Å². The summed E-state index contributed by atoms with van der Waals surface area (Å²) in [6.45, 7) is 8.96. The fraction of sp³-hybridized carbons (Fsp3) is 1.00. The smallest absolute Gasteiger partial charge is 0.304 e. The highest BCUT2D eigenvalue weighted by Crippen LogP contribution is 2.12. The summed E-state index contributed by atoms with van der Waals surface area (Å²) in [5, 5.41) is 0. The van der Waals surface area contributed by atoms with E-state index in [4.69, 9.17) is 8.85 Å². The lowest BCUT2D eigenvalue weighted by Gasteiger charge is -2.20. The molecule has 0 aliphatic carbocycles. The summed E-state index contributed by atoms with van der Waals surface area (Å²) in [7, 11) is -0.774. The molecule has 0 aromatic heterocycles. The molecule has 0 bridgehead atoms. The molecular formula is C16H36O2Si. The summed E-state index contributed by atoms with van der Waals surface area (Å²) in [6.07, 6.45) is 13.4. The highest BCUT2D eigenvalue weighted by molar-refractivity contribution is 6.18. The van der Waals surface area contributed by atoms with Crippen LogP contribution in [0.25, 0.3) is 0 Å². The van der Waals surface area contributed by atoms with Crippen LogP contribution in [0.2, 0.25) is 0 Å². The molecule has 0 spiro atoms. The number of hydrogen-bond acceptors (Lipinski definition) is 2. The van der Waals surface area contributed by atoms with Crippen LogP contribution in [0, 0.1) is 0 Å². The molecule has 2 unspecified atom stereocenters. The maximum absolute atomic E-state index is 5.99. The van der Waals surface area contributed by atoms with Gasteiger partial charge in [0.25, 0.3) is 0 Å². The van der Waals surface area contributed by atoms with Crippen molar-refractivity contribution in [2.45, 2.75) is 104 Å². The van der Waals surface area contributed by atoms with Crippen LogP contribution in [0.15, 0.2) is 0 Å². The van der Waals surface area contributed by atoms with Crippen molar-refractivity contribution >= 4 is 10.0 Å². The van der Waals surface area contributed by atoms with Crippen LogP contribution < -0.4 is 0 Å². The molecule has 0 N–H and O–H groups in total. The Morgan fingerprint density at radius 2 is 1.11 bits per heavy atom. The van der Waals surface area contributed by atoms with E-state index in [1.165, 1.54) is 51.4 Å². The molecule has 0 saturated carbocycles. The highest BCUT2D eigenvalue weighted by atomic mass is 28.3. The van der Waals surface area contributed by atoms with E-state index < -0.39 is 10.0 Å². The number of hydrogen-bond donors (Lipinski definition) is 0. The number of rotatable bonds is 14. The zero-order valence-electron chi connectivity index (χ0n) is 13.7. The van der Waals surface area contributed by atoms with Gasteiger partial charge >= 0.3 is 10.0 Å². The second-order valence-electron chi connectivity index (χ2n) is 5.50. The summed E-state index contributed by atoms with van der Waals surface area (Å²) in [5.74, 6) is 0. The molecule has 0 fully saturated rings. The van der Waals surface area contributed by atoms with Gasteiger partial charge in [-0.15, -0.1) is 0 Å². The molecule has 0 radical (unpaired) electrons. The molecule has 0 amide bonds. The molecule has 0 aliphatic rings. The fourth-order valence-corrected chi connectivity index (χ4v) is 3.55. The number of unbranched alkanes of at least 4 members (excludes halogenated alkanes) is 4. The van der Waals surface area contributed by atoms with Crippen LogP contribution in [0.3, 0.4) is 0 Å². The lowest BCUT2D eigenvalue weighted by atomic mass is 10.1. The molecule has 0 aliphatic heterocycles. The first-order chi connectivity index (χ1) is 9.28. The van der Waals surface area contributed by atoms with Crippen LogP contribution in [-0.4, -0.2) is 22.2 Å². The molecule has 3 heteroatoms. The molecule has 0 aromatic rings. The van der Waals surface area contributed by atoms with E-state index in [2.05, 4.69) is 27.7 Å². The van der Waals surface area contributed by atoms with Gasteiger partial charge in [-0.05, 0) is 25.7 Å². The average molecular weight is 289 g/mol. The van der Waals surface area contributed by atoms with Gasteiger partial charge in [-0.1, -0.05) is 66.2 Å². The van der Waals surface area contributed by atoms with E-state index >= 15 is 0 Å². The summed E-state index contributed by atoms with van der Waals surface area (Å²) < 4.78 is 12.0. The Morgan fingerprint density at radius 3 is 1.42 bits per heavy atom. The molecular weight excluding hydrogens is 252 g/mol. The Hall–Kier alpha value is 0.137. The molecule has 0 rings (SSSR count). The summed E-state index contributed by atoms with van der Waals surface area (Å²) in [6, 6.07) is 0. The van der Waals surface area contributed by atoms with E-state index in [-0.39, 0.29) is 0 Å². The van der Waals surface area contributed by atoms with Crippen molar-refractivity contribution in [3.05, 3.63) is 0 Å². The van der Waals surface area contributed by atoms with Crippen molar-refractivity contribution in [1.29, 1.82) is 0 Å². The molecule has 2 nitrogen and oxygen atoms in total. The standard InChI is InChI=1S/C16H36O2Si/c1-5-9-11-13-15(7-3)17-19-18-16(8-4)14-12-10-6-2/h15-16H,5-14,19H2,1-4H3. The van der Waals surface area contributed by atoms with Gasteiger partial charge < -0.3 is 8.85 Å². The average Bonchev–Trinajstić information content (AvgIpc) is 2.44. The predicted octanol–water partition coefficient (Wildman–Crippen LogP) is 4.74. The van der Waals surface area contributed by atoms with Gasteiger partial charge in [0.05, 0.1) is 0 Å². The lowest BCUT2D eigenvalue weighted by molar-refractivity contribution is 0.103. The predicted molar refractivity (Wildman–Crippen MR) is 87.2 cm³/mol. The van der Waals surface area contributed by atoms with Crippen molar-refractivity contribution in [3.63, 3.8) is 0 Å². The third-order valence-corrected chi connectivity index (χ3v) is 4.99. The largest absolute Gasteiger partial charge is 0.396 e. The third kappa shape index (κ3) is 11.6. The molecule has 0 heterocycles. The quantitative estimate of drug-likeness (QED) is 0.340. The monoisotopic (exact) mass is 288 g/mol. The Labute approximate surface area is 123 Å². The second kappa shape index (κ2) is 14.5. The minimum Gasteiger partial charge on any atom is -0.396 e. The van der Waals surface area contributed by atoms with Crippen LogP contribution in [0.1, 0.15) is 91.9 Å². The van der Waals surface area contributed by atoms with Gasteiger partial charge in [0.1, 0.15) is 0 Å². The van der Waals surface area contributed by atoms with Crippen LogP contribution in [-0.2, 0) is 8.85 Å². The molecule has 0 saturated heterocycles. The van der Waals surface area contributed by atoms with Crippen LogP contribution in [0.4, 0.5) is 0 Å². The molecule has 0 aromatic carbocycles. The van der Waals surface area contributed by atoms with Gasteiger partial charge in [-0.25, -0.2) is 0 Å². The lowest BCUT2D eigenvalue weighted by Crippen LogP contribution is -2.22. The van der Waals surface area contributed by atoms with E-state index in [1.54, 1.807) is 0 Å². The minimum absolute atomic E-state index is 0.450. The second-order valence-corrected chi connectivity index (χ2v) is 6.41. The topological polar surface area (TPSA) is 18.5 Å². The van der Waals surface area contributed by atoms with Crippen molar-refractivity contribution in [2.75, 3.05) is 0 Å². The van der Waals surface area contributed by atoms with E-state index in [0.717, 1.165) is 12.8 Å². The van der Waals surface area contributed by atoms with Crippen molar-refractivity contribution in [1.82, 2.24) is 0 Å². The molecule has 116 valence electrons. The first-order valence-electron chi connectivity index (χ1n) is 8.51.